The summed E-state index contributed by atoms with van der Waals surface area (Å²) in [4.78, 5) is 41.1. The first kappa shape index (κ1) is 26.4. The van der Waals surface area contributed by atoms with Crippen LogP contribution in [0.2, 0.25) is 0 Å². The fourth-order valence-electron chi connectivity index (χ4n) is 3.55. The van der Waals surface area contributed by atoms with E-state index in [9.17, 15) is 18.8 Å². The normalized spacial score (nSPS) is 10.5. The standard InChI is InChI=1S/C26H22FN3O7S/c1-34-20-10-16(27)18(11-21(20)37-12-14-6-7-17-15(9-14)5-4-8-28-17)29-26(33)30-19-13-38-23(25(32)36-3)22(19)24(31)35-2/h4-11,13H,12H2,1-3H3,(H2,29,30,33). The monoisotopic (exact) mass is 539 g/mol. The van der Waals surface area contributed by atoms with Gasteiger partial charge in [0.1, 0.15) is 17.0 Å². The third-order valence-corrected chi connectivity index (χ3v) is 6.32. The Morgan fingerprint density at radius 3 is 2.45 bits per heavy atom. The summed E-state index contributed by atoms with van der Waals surface area (Å²) in [5.41, 5.74) is 1.30. The molecule has 2 N–H and O–H groups in total. The summed E-state index contributed by atoms with van der Waals surface area (Å²) in [6.07, 6.45) is 1.71. The van der Waals surface area contributed by atoms with Gasteiger partial charge in [0.15, 0.2) is 17.3 Å². The number of fused-ring (bicyclic) bond motifs is 1. The maximum Gasteiger partial charge on any atom is 0.349 e. The molecule has 2 heterocycles. The van der Waals surface area contributed by atoms with Crippen LogP contribution in [0, 0.1) is 5.82 Å². The molecule has 0 aliphatic rings. The number of rotatable bonds is 8. The number of hydrogen-bond donors (Lipinski definition) is 2. The molecule has 0 bridgehead atoms. The molecular weight excluding hydrogens is 517 g/mol. The number of anilines is 2. The summed E-state index contributed by atoms with van der Waals surface area (Å²) in [5.74, 6) is -2.08. The number of carbonyl (C=O) groups excluding carboxylic acids is 3. The van der Waals surface area contributed by atoms with Gasteiger partial charge in [0.25, 0.3) is 0 Å². The number of halogens is 1. The van der Waals surface area contributed by atoms with Crippen molar-refractivity contribution < 1.29 is 37.7 Å². The fraction of sp³-hybridized carbons (Fsp3) is 0.154. The second-order valence-corrected chi connectivity index (χ2v) is 8.60. The minimum Gasteiger partial charge on any atom is -0.493 e. The highest BCUT2D eigenvalue weighted by molar-refractivity contribution is 7.13. The van der Waals surface area contributed by atoms with Gasteiger partial charge in [-0.25, -0.2) is 18.8 Å². The predicted molar refractivity (Wildman–Crippen MR) is 139 cm³/mol. The molecule has 4 aromatic rings. The van der Waals surface area contributed by atoms with Crippen LogP contribution in [0.1, 0.15) is 25.6 Å². The van der Waals surface area contributed by atoms with Gasteiger partial charge in [-0.05, 0) is 23.8 Å². The van der Waals surface area contributed by atoms with Gasteiger partial charge in [0.2, 0.25) is 0 Å². The Labute approximate surface area is 220 Å². The average molecular weight is 540 g/mol. The molecule has 0 radical (unpaired) electrons. The number of carbonyl (C=O) groups is 3. The lowest BCUT2D eigenvalue weighted by molar-refractivity contribution is 0.0561. The van der Waals surface area contributed by atoms with Crippen molar-refractivity contribution in [3.8, 4) is 11.5 Å². The van der Waals surface area contributed by atoms with Gasteiger partial charge in [-0.3, -0.25) is 4.98 Å². The van der Waals surface area contributed by atoms with E-state index in [1.165, 1.54) is 18.6 Å². The number of amides is 2. The maximum atomic E-state index is 14.8. The Bertz CT molecular complexity index is 1520. The third-order valence-electron chi connectivity index (χ3n) is 5.36. The van der Waals surface area contributed by atoms with Gasteiger partial charge < -0.3 is 29.6 Å². The second kappa shape index (κ2) is 11.6. The summed E-state index contributed by atoms with van der Waals surface area (Å²) in [7, 11) is 3.66. The highest BCUT2D eigenvalue weighted by atomic mass is 32.1. The molecule has 0 fully saturated rings. The number of pyridine rings is 1. The third kappa shape index (κ3) is 5.65. The van der Waals surface area contributed by atoms with Crippen LogP contribution in [-0.2, 0) is 16.1 Å². The molecule has 0 saturated heterocycles. The first-order chi connectivity index (χ1) is 18.3. The van der Waals surface area contributed by atoms with Crippen molar-refractivity contribution in [2.45, 2.75) is 6.61 Å². The lowest BCUT2D eigenvalue weighted by Crippen LogP contribution is -2.22. The van der Waals surface area contributed by atoms with E-state index in [0.717, 1.165) is 48.1 Å². The Balaban J connectivity index is 1.52. The maximum absolute atomic E-state index is 14.8. The van der Waals surface area contributed by atoms with Crippen LogP contribution in [0.4, 0.5) is 20.6 Å². The van der Waals surface area contributed by atoms with E-state index in [4.69, 9.17) is 14.2 Å². The SMILES string of the molecule is COC(=O)c1scc(NC(=O)Nc2cc(OCc3ccc4ncccc4c3)c(OC)cc2F)c1C(=O)OC. The molecule has 0 aliphatic heterocycles. The highest BCUT2D eigenvalue weighted by Gasteiger charge is 2.26. The molecule has 196 valence electrons. The van der Waals surface area contributed by atoms with Gasteiger partial charge in [-0.2, -0.15) is 0 Å². The van der Waals surface area contributed by atoms with Crippen molar-refractivity contribution in [1.82, 2.24) is 4.98 Å². The zero-order valence-electron chi connectivity index (χ0n) is 20.5. The Kier molecular flexibility index (Phi) is 8.02. The quantitative estimate of drug-likeness (QED) is 0.291. The molecule has 2 amide bonds. The van der Waals surface area contributed by atoms with Crippen LogP contribution in [0.25, 0.3) is 10.9 Å². The number of benzene rings is 2. The summed E-state index contributed by atoms with van der Waals surface area (Å²) in [6.45, 7) is 0.145. The molecule has 0 unspecified atom stereocenters. The molecule has 10 nitrogen and oxygen atoms in total. The number of aromatic nitrogens is 1. The zero-order valence-corrected chi connectivity index (χ0v) is 21.3. The van der Waals surface area contributed by atoms with Crippen molar-refractivity contribution >= 4 is 51.6 Å². The Hall–Kier alpha value is -4.71. The zero-order chi connectivity index (χ0) is 27.2. The van der Waals surface area contributed by atoms with Crippen LogP contribution in [0.3, 0.4) is 0 Å². The van der Waals surface area contributed by atoms with Gasteiger partial charge in [-0.15, -0.1) is 11.3 Å². The summed E-state index contributed by atoms with van der Waals surface area (Å²) in [5, 5.41) is 7.12. The Morgan fingerprint density at radius 2 is 1.71 bits per heavy atom. The molecule has 38 heavy (non-hydrogen) atoms. The Morgan fingerprint density at radius 1 is 0.947 bits per heavy atom. The summed E-state index contributed by atoms with van der Waals surface area (Å²) >= 11 is 0.884. The van der Waals surface area contributed by atoms with Crippen molar-refractivity contribution in [1.29, 1.82) is 0 Å². The lowest BCUT2D eigenvalue weighted by atomic mass is 10.1. The number of thiophene rings is 1. The molecule has 2 aromatic carbocycles. The lowest BCUT2D eigenvalue weighted by Gasteiger charge is -2.15. The number of nitrogens with zero attached hydrogens (tertiary/aromatic N) is 1. The highest BCUT2D eigenvalue weighted by Crippen LogP contribution is 2.34. The van der Waals surface area contributed by atoms with Crippen LogP contribution in [-0.4, -0.2) is 44.3 Å². The van der Waals surface area contributed by atoms with Gasteiger partial charge >= 0.3 is 18.0 Å². The van der Waals surface area contributed by atoms with E-state index >= 15 is 0 Å². The molecule has 2 aromatic heterocycles. The van der Waals surface area contributed by atoms with E-state index < -0.39 is 23.8 Å². The molecule has 0 spiro atoms. The molecule has 12 heteroatoms. The van der Waals surface area contributed by atoms with Crippen LogP contribution in [0.15, 0.2) is 54.0 Å². The number of nitrogens with one attached hydrogen (secondary N) is 2. The van der Waals surface area contributed by atoms with Crippen molar-refractivity contribution in [2.24, 2.45) is 0 Å². The first-order valence-corrected chi connectivity index (χ1v) is 11.9. The van der Waals surface area contributed by atoms with E-state index in [0.29, 0.717) is 0 Å². The van der Waals surface area contributed by atoms with Gasteiger partial charge in [0.05, 0.1) is 38.2 Å². The second-order valence-electron chi connectivity index (χ2n) is 7.72. The number of hydrogen-bond acceptors (Lipinski definition) is 9. The van der Waals surface area contributed by atoms with Crippen molar-refractivity contribution in [3.63, 3.8) is 0 Å². The molecular formula is C26H22FN3O7S. The smallest absolute Gasteiger partial charge is 0.349 e. The number of ether oxygens (including phenoxy) is 4. The average Bonchev–Trinajstić information content (AvgIpc) is 3.35. The van der Waals surface area contributed by atoms with Crippen LogP contribution < -0.4 is 20.1 Å². The van der Waals surface area contributed by atoms with E-state index in [1.54, 1.807) is 6.20 Å². The first-order valence-electron chi connectivity index (χ1n) is 11.0. The van der Waals surface area contributed by atoms with E-state index in [1.807, 2.05) is 30.3 Å². The number of esters is 2. The summed E-state index contributed by atoms with van der Waals surface area (Å²) < 4.78 is 35.2. The largest absolute Gasteiger partial charge is 0.493 e. The van der Waals surface area contributed by atoms with Crippen molar-refractivity contribution in [2.75, 3.05) is 32.0 Å². The minimum absolute atomic E-state index is 0.00376. The van der Waals surface area contributed by atoms with Crippen LogP contribution >= 0.6 is 11.3 Å². The number of methoxy groups -OCH3 is 3. The van der Waals surface area contributed by atoms with E-state index in [-0.39, 0.29) is 39.9 Å². The summed E-state index contributed by atoms with van der Waals surface area (Å²) in [6, 6.07) is 10.9. The molecule has 0 aliphatic carbocycles. The minimum atomic E-state index is -0.874. The topological polar surface area (TPSA) is 125 Å². The molecule has 0 atom stereocenters. The molecule has 4 rings (SSSR count). The van der Waals surface area contributed by atoms with E-state index in [2.05, 4.69) is 20.4 Å². The van der Waals surface area contributed by atoms with Gasteiger partial charge in [0, 0.05) is 29.1 Å². The number of urea groups is 1. The fourth-order valence-corrected chi connectivity index (χ4v) is 4.46. The predicted octanol–water partition coefficient (Wildman–Crippen LogP) is 5.24. The van der Waals surface area contributed by atoms with Crippen molar-refractivity contribution in [3.05, 3.63) is 75.9 Å². The van der Waals surface area contributed by atoms with Gasteiger partial charge in [-0.1, -0.05) is 12.1 Å². The molecule has 0 saturated carbocycles. The van der Waals surface area contributed by atoms with Crippen LogP contribution in [0.5, 0.6) is 11.5 Å².